The van der Waals surface area contributed by atoms with Crippen LogP contribution in [0.2, 0.25) is 0 Å². The number of hydrogen-bond donors (Lipinski definition) is 1. The van der Waals surface area contributed by atoms with Crippen molar-refractivity contribution in [2.75, 3.05) is 19.7 Å². The predicted molar refractivity (Wildman–Crippen MR) is 70.7 cm³/mol. The predicted octanol–water partition coefficient (Wildman–Crippen LogP) is 1.77. The van der Waals surface area contributed by atoms with Gasteiger partial charge in [-0.25, -0.2) is 0 Å². The summed E-state index contributed by atoms with van der Waals surface area (Å²) in [5.41, 5.74) is 0.258. The van der Waals surface area contributed by atoms with Crippen LogP contribution in [0.5, 0.6) is 0 Å². The van der Waals surface area contributed by atoms with E-state index in [0.717, 1.165) is 19.3 Å². The molecule has 1 saturated heterocycles. The van der Waals surface area contributed by atoms with Gasteiger partial charge in [0.2, 0.25) is 0 Å². The Hall–Kier alpha value is -1.62. The molecule has 2 rings (SSSR count). The molecule has 0 radical (unpaired) electrons. The number of carbonyl (C=O) groups is 1. The zero-order valence-corrected chi connectivity index (χ0v) is 11.3. The van der Waals surface area contributed by atoms with Crippen molar-refractivity contribution in [2.24, 2.45) is 5.41 Å². The highest BCUT2D eigenvalue weighted by Crippen LogP contribution is 2.34. The molecule has 0 bridgehead atoms. The van der Waals surface area contributed by atoms with Crippen molar-refractivity contribution >= 4 is 5.91 Å². The van der Waals surface area contributed by atoms with Crippen molar-refractivity contribution in [1.29, 1.82) is 0 Å². The van der Waals surface area contributed by atoms with E-state index in [4.69, 9.17) is 4.52 Å². The first-order chi connectivity index (χ1) is 9.12. The zero-order chi connectivity index (χ0) is 13.9. The minimum absolute atomic E-state index is 0.0691. The first kappa shape index (κ1) is 13.8. The number of likely N-dealkylation sites (tertiary alicyclic amines) is 1. The third kappa shape index (κ3) is 2.71. The monoisotopic (exact) mass is 264 g/mol. The molecule has 1 atom stereocenters. The van der Waals surface area contributed by atoms with Gasteiger partial charge in [-0.15, -0.1) is 6.58 Å². The molecule has 104 valence electrons. The fourth-order valence-electron chi connectivity index (χ4n) is 2.72. The first-order valence-electron chi connectivity index (χ1n) is 6.54. The van der Waals surface area contributed by atoms with E-state index in [1.165, 1.54) is 6.20 Å². The van der Waals surface area contributed by atoms with Gasteiger partial charge in [-0.2, -0.15) is 0 Å². The highest BCUT2D eigenvalue weighted by atomic mass is 16.5. The number of aryl methyl sites for hydroxylation is 1. The average molecular weight is 264 g/mol. The van der Waals surface area contributed by atoms with Gasteiger partial charge >= 0.3 is 0 Å². The summed E-state index contributed by atoms with van der Waals surface area (Å²) in [6.45, 7) is 6.81. The zero-order valence-electron chi connectivity index (χ0n) is 11.3. The van der Waals surface area contributed by atoms with E-state index in [-0.39, 0.29) is 17.9 Å². The first-order valence-corrected chi connectivity index (χ1v) is 6.54. The molecule has 5 nitrogen and oxygen atoms in total. The number of amides is 1. The van der Waals surface area contributed by atoms with Gasteiger partial charge < -0.3 is 14.5 Å². The van der Waals surface area contributed by atoms with Crippen molar-refractivity contribution < 1.29 is 14.4 Å². The molecule has 19 heavy (non-hydrogen) atoms. The van der Waals surface area contributed by atoms with E-state index in [1.807, 2.05) is 6.08 Å². The van der Waals surface area contributed by atoms with Crippen LogP contribution in [0.3, 0.4) is 0 Å². The lowest BCUT2D eigenvalue weighted by Gasteiger charge is -2.41. The maximum absolute atomic E-state index is 12.4. The number of carbonyl (C=O) groups excluding carboxylic acids is 1. The third-order valence-electron chi connectivity index (χ3n) is 3.84. The maximum atomic E-state index is 12.4. The van der Waals surface area contributed by atoms with E-state index in [2.05, 4.69) is 11.7 Å². The number of piperidine rings is 1. The van der Waals surface area contributed by atoms with Crippen molar-refractivity contribution in [1.82, 2.24) is 10.1 Å². The van der Waals surface area contributed by atoms with Crippen molar-refractivity contribution in [2.45, 2.75) is 26.2 Å². The van der Waals surface area contributed by atoms with Crippen LogP contribution in [0.15, 0.2) is 23.4 Å². The number of rotatable bonds is 4. The van der Waals surface area contributed by atoms with Gasteiger partial charge in [0.1, 0.15) is 11.3 Å². The average Bonchev–Trinajstić information content (AvgIpc) is 2.85. The Morgan fingerprint density at radius 3 is 3.11 bits per heavy atom. The van der Waals surface area contributed by atoms with Crippen molar-refractivity contribution in [3.63, 3.8) is 0 Å². The van der Waals surface area contributed by atoms with Gasteiger partial charge in [0.25, 0.3) is 5.91 Å². The van der Waals surface area contributed by atoms with Crippen LogP contribution in [0.25, 0.3) is 0 Å². The summed E-state index contributed by atoms with van der Waals surface area (Å²) in [5, 5.41) is 13.3. The molecular formula is C14H20N2O3. The van der Waals surface area contributed by atoms with Gasteiger partial charge in [-0.05, 0) is 26.2 Å². The largest absolute Gasteiger partial charge is 0.396 e. The summed E-state index contributed by atoms with van der Waals surface area (Å²) >= 11 is 0. The number of allylic oxidation sites excluding steroid dienone is 1. The van der Waals surface area contributed by atoms with Gasteiger partial charge in [0, 0.05) is 18.5 Å². The molecule has 1 aliphatic rings. The molecule has 0 saturated carbocycles. The van der Waals surface area contributed by atoms with Crippen molar-refractivity contribution in [3.8, 4) is 0 Å². The van der Waals surface area contributed by atoms with E-state index in [1.54, 1.807) is 11.8 Å². The number of nitrogens with zero attached hydrogens (tertiary/aromatic N) is 2. The maximum Gasteiger partial charge on any atom is 0.259 e. The van der Waals surface area contributed by atoms with Crippen LogP contribution in [-0.2, 0) is 0 Å². The highest BCUT2D eigenvalue weighted by Gasteiger charge is 2.36. The topological polar surface area (TPSA) is 66.6 Å². The van der Waals surface area contributed by atoms with Crippen molar-refractivity contribution in [3.05, 3.63) is 30.2 Å². The molecule has 2 heterocycles. The Morgan fingerprint density at radius 1 is 1.74 bits per heavy atom. The Labute approximate surface area is 112 Å². The Kier molecular flexibility index (Phi) is 4.04. The minimum Gasteiger partial charge on any atom is -0.396 e. The molecule has 1 aliphatic heterocycles. The Morgan fingerprint density at radius 2 is 2.53 bits per heavy atom. The number of hydrogen-bond acceptors (Lipinski definition) is 4. The molecule has 0 unspecified atom stereocenters. The van der Waals surface area contributed by atoms with Crippen LogP contribution in [0.1, 0.15) is 35.4 Å². The normalized spacial score (nSPS) is 23.4. The second-order valence-corrected chi connectivity index (χ2v) is 5.28. The van der Waals surface area contributed by atoms with Crippen LogP contribution in [-0.4, -0.2) is 40.8 Å². The molecule has 1 amide bonds. The number of aliphatic hydroxyl groups excluding tert-OH is 1. The summed E-state index contributed by atoms with van der Waals surface area (Å²) < 4.78 is 4.94. The lowest BCUT2D eigenvalue weighted by Crippen LogP contribution is -2.47. The Balaban J connectivity index is 2.15. The molecule has 0 aromatic carbocycles. The molecule has 1 fully saturated rings. The Bertz CT molecular complexity index is 469. The van der Waals surface area contributed by atoms with Crippen LogP contribution >= 0.6 is 0 Å². The fraction of sp³-hybridized carbons (Fsp3) is 0.571. The molecular weight excluding hydrogens is 244 g/mol. The second kappa shape index (κ2) is 5.57. The van der Waals surface area contributed by atoms with E-state index < -0.39 is 0 Å². The fourth-order valence-corrected chi connectivity index (χ4v) is 2.72. The van der Waals surface area contributed by atoms with E-state index >= 15 is 0 Å². The third-order valence-corrected chi connectivity index (χ3v) is 3.84. The standard InChI is InChI=1S/C14H20N2O3/c1-3-5-14(10-17)6-4-7-16(9-14)13(18)12-8-15-19-11(12)2/h3,8,17H,1,4-7,9-10H2,2H3/t14-/m0/s1. The van der Waals surface area contributed by atoms with E-state index in [0.29, 0.717) is 24.4 Å². The molecule has 1 aromatic heterocycles. The molecule has 1 N–H and O–H groups in total. The van der Waals surface area contributed by atoms with Crippen LogP contribution in [0, 0.1) is 12.3 Å². The van der Waals surface area contributed by atoms with Gasteiger partial charge in [-0.1, -0.05) is 11.2 Å². The van der Waals surface area contributed by atoms with Gasteiger partial charge in [-0.3, -0.25) is 4.79 Å². The summed E-state index contributed by atoms with van der Waals surface area (Å²) in [6, 6.07) is 0. The summed E-state index contributed by atoms with van der Waals surface area (Å²) in [4.78, 5) is 14.2. The molecule has 5 heteroatoms. The smallest absolute Gasteiger partial charge is 0.259 e. The second-order valence-electron chi connectivity index (χ2n) is 5.28. The number of aliphatic hydroxyl groups is 1. The summed E-state index contributed by atoms with van der Waals surface area (Å²) in [5.74, 6) is 0.467. The highest BCUT2D eigenvalue weighted by molar-refractivity contribution is 5.94. The van der Waals surface area contributed by atoms with Crippen LogP contribution in [0.4, 0.5) is 0 Å². The lowest BCUT2D eigenvalue weighted by molar-refractivity contribution is 0.0284. The van der Waals surface area contributed by atoms with Crippen LogP contribution < -0.4 is 0 Å². The van der Waals surface area contributed by atoms with E-state index in [9.17, 15) is 9.90 Å². The lowest BCUT2D eigenvalue weighted by atomic mass is 9.77. The van der Waals surface area contributed by atoms with Gasteiger partial charge in [0.15, 0.2) is 0 Å². The molecule has 1 aromatic rings. The SMILES string of the molecule is C=CC[C@]1(CO)CCCN(C(=O)c2cnoc2C)C1. The summed E-state index contributed by atoms with van der Waals surface area (Å²) in [7, 11) is 0. The van der Waals surface area contributed by atoms with Gasteiger partial charge in [0.05, 0.1) is 12.8 Å². The minimum atomic E-state index is -0.249. The summed E-state index contributed by atoms with van der Waals surface area (Å²) in [6.07, 6.45) is 5.80. The quantitative estimate of drug-likeness (QED) is 0.842. The molecule has 0 aliphatic carbocycles. The molecule has 0 spiro atoms. The number of aromatic nitrogens is 1.